The van der Waals surface area contributed by atoms with Gasteiger partial charge in [-0.15, -0.1) is 0 Å². The molecule has 0 unspecified atom stereocenters. The molecule has 0 heterocycles. The van der Waals surface area contributed by atoms with Crippen molar-refractivity contribution < 1.29 is 9.47 Å². The Labute approximate surface area is 119 Å². The first-order chi connectivity index (χ1) is 9.74. The molecule has 2 aromatic carbocycles. The van der Waals surface area contributed by atoms with Gasteiger partial charge in [0.05, 0.1) is 13.7 Å². The van der Waals surface area contributed by atoms with Crippen LogP contribution < -0.4 is 15.8 Å². The van der Waals surface area contributed by atoms with Crippen molar-refractivity contribution in [3.8, 4) is 16.9 Å². The molecule has 0 fully saturated rings. The Hall–Kier alpha value is -2.20. The molecule has 0 radical (unpaired) electrons. The van der Waals surface area contributed by atoms with E-state index in [-0.39, 0.29) is 0 Å². The zero-order chi connectivity index (χ0) is 14.4. The summed E-state index contributed by atoms with van der Waals surface area (Å²) in [4.78, 5) is 0. The number of hydrogen-bond acceptors (Lipinski definition) is 4. The predicted molar refractivity (Wildman–Crippen MR) is 83.2 cm³/mol. The van der Waals surface area contributed by atoms with Gasteiger partial charge in [0.15, 0.2) is 0 Å². The largest absolute Gasteiger partial charge is 0.497 e. The normalized spacial score (nSPS) is 10.3. The highest BCUT2D eigenvalue weighted by molar-refractivity contribution is 5.80. The van der Waals surface area contributed by atoms with E-state index >= 15 is 0 Å². The van der Waals surface area contributed by atoms with Crippen molar-refractivity contribution in [2.45, 2.75) is 0 Å². The van der Waals surface area contributed by atoms with E-state index in [9.17, 15) is 0 Å². The zero-order valence-corrected chi connectivity index (χ0v) is 11.8. The van der Waals surface area contributed by atoms with Crippen molar-refractivity contribution in [1.29, 1.82) is 0 Å². The molecule has 0 spiro atoms. The summed E-state index contributed by atoms with van der Waals surface area (Å²) in [5.41, 5.74) is 9.87. The molecule has 0 saturated heterocycles. The Balaban J connectivity index is 2.27. The van der Waals surface area contributed by atoms with Crippen molar-refractivity contribution in [3.05, 3.63) is 42.5 Å². The molecular weight excluding hydrogens is 252 g/mol. The van der Waals surface area contributed by atoms with Crippen LogP contribution in [0.1, 0.15) is 0 Å². The number of anilines is 2. The maximum atomic E-state index is 6.07. The fourth-order valence-electron chi connectivity index (χ4n) is 2.00. The smallest absolute Gasteiger partial charge is 0.119 e. The van der Waals surface area contributed by atoms with Gasteiger partial charge in [0.1, 0.15) is 5.75 Å². The number of nitrogens with one attached hydrogen (secondary N) is 1. The molecule has 106 valence electrons. The summed E-state index contributed by atoms with van der Waals surface area (Å²) < 4.78 is 10.3. The van der Waals surface area contributed by atoms with Gasteiger partial charge in [0.2, 0.25) is 0 Å². The van der Waals surface area contributed by atoms with Crippen LogP contribution in [0.15, 0.2) is 42.5 Å². The first-order valence-electron chi connectivity index (χ1n) is 6.51. The molecule has 0 aliphatic heterocycles. The maximum Gasteiger partial charge on any atom is 0.119 e. The van der Waals surface area contributed by atoms with Gasteiger partial charge in [-0.1, -0.05) is 12.1 Å². The Morgan fingerprint density at radius 2 is 1.95 bits per heavy atom. The van der Waals surface area contributed by atoms with E-state index in [0.717, 1.165) is 34.8 Å². The molecule has 0 bridgehead atoms. The van der Waals surface area contributed by atoms with E-state index < -0.39 is 0 Å². The Morgan fingerprint density at radius 3 is 2.70 bits per heavy atom. The Kier molecular flexibility index (Phi) is 4.85. The SMILES string of the molecule is COCCNc1ccc(N)c(-c2cccc(OC)c2)c1. The number of nitrogen functional groups attached to an aromatic ring is 1. The van der Waals surface area contributed by atoms with Crippen molar-refractivity contribution in [2.75, 3.05) is 38.4 Å². The first-order valence-corrected chi connectivity index (χ1v) is 6.51. The van der Waals surface area contributed by atoms with E-state index in [2.05, 4.69) is 5.32 Å². The number of ether oxygens (including phenoxy) is 2. The molecule has 0 amide bonds. The van der Waals surface area contributed by atoms with E-state index in [1.165, 1.54) is 0 Å². The fraction of sp³-hybridized carbons (Fsp3) is 0.250. The van der Waals surface area contributed by atoms with Crippen LogP contribution in [-0.2, 0) is 4.74 Å². The molecule has 0 aliphatic rings. The van der Waals surface area contributed by atoms with Gasteiger partial charge in [0.25, 0.3) is 0 Å². The van der Waals surface area contributed by atoms with Gasteiger partial charge in [0, 0.05) is 30.6 Å². The maximum absolute atomic E-state index is 6.07. The number of methoxy groups -OCH3 is 2. The van der Waals surface area contributed by atoms with Crippen LogP contribution in [0.3, 0.4) is 0 Å². The van der Waals surface area contributed by atoms with Crippen LogP contribution in [0, 0.1) is 0 Å². The third-order valence-corrected chi connectivity index (χ3v) is 3.07. The summed E-state index contributed by atoms with van der Waals surface area (Å²) in [6.45, 7) is 1.43. The van der Waals surface area contributed by atoms with Crippen LogP contribution >= 0.6 is 0 Å². The molecule has 0 atom stereocenters. The Bertz CT molecular complexity index is 570. The van der Waals surface area contributed by atoms with Gasteiger partial charge < -0.3 is 20.5 Å². The van der Waals surface area contributed by atoms with E-state index in [4.69, 9.17) is 15.2 Å². The molecule has 4 heteroatoms. The number of rotatable bonds is 6. The van der Waals surface area contributed by atoms with Crippen LogP contribution in [-0.4, -0.2) is 27.4 Å². The van der Waals surface area contributed by atoms with Crippen LogP contribution in [0.5, 0.6) is 5.75 Å². The monoisotopic (exact) mass is 272 g/mol. The lowest BCUT2D eigenvalue weighted by Crippen LogP contribution is -2.07. The third kappa shape index (κ3) is 3.42. The average molecular weight is 272 g/mol. The molecule has 0 saturated carbocycles. The van der Waals surface area contributed by atoms with Crippen molar-refractivity contribution in [2.24, 2.45) is 0 Å². The highest BCUT2D eigenvalue weighted by Gasteiger charge is 2.05. The zero-order valence-electron chi connectivity index (χ0n) is 11.8. The van der Waals surface area contributed by atoms with Crippen molar-refractivity contribution >= 4 is 11.4 Å². The summed E-state index contributed by atoms with van der Waals surface area (Å²) in [7, 11) is 3.34. The second-order valence-corrected chi connectivity index (χ2v) is 4.45. The van der Waals surface area contributed by atoms with Crippen molar-refractivity contribution in [1.82, 2.24) is 0 Å². The van der Waals surface area contributed by atoms with Gasteiger partial charge in [-0.05, 0) is 35.9 Å². The molecule has 20 heavy (non-hydrogen) atoms. The highest BCUT2D eigenvalue weighted by atomic mass is 16.5. The predicted octanol–water partition coefficient (Wildman–Crippen LogP) is 3.00. The van der Waals surface area contributed by atoms with Crippen LogP contribution in [0.4, 0.5) is 11.4 Å². The van der Waals surface area contributed by atoms with Crippen LogP contribution in [0.25, 0.3) is 11.1 Å². The highest BCUT2D eigenvalue weighted by Crippen LogP contribution is 2.30. The van der Waals surface area contributed by atoms with Gasteiger partial charge in [-0.2, -0.15) is 0 Å². The number of nitrogens with two attached hydrogens (primary N) is 1. The number of benzene rings is 2. The number of hydrogen-bond donors (Lipinski definition) is 2. The lowest BCUT2D eigenvalue weighted by Gasteiger charge is -2.11. The van der Waals surface area contributed by atoms with Crippen LogP contribution in [0.2, 0.25) is 0 Å². The molecular formula is C16H20N2O2. The minimum absolute atomic E-state index is 0.666. The summed E-state index contributed by atoms with van der Waals surface area (Å²) in [6, 6.07) is 13.8. The minimum atomic E-state index is 0.666. The standard InChI is InChI=1S/C16H20N2O2/c1-19-9-8-18-13-6-7-16(17)15(11-13)12-4-3-5-14(10-12)20-2/h3-7,10-11,18H,8-9,17H2,1-2H3. The van der Waals surface area contributed by atoms with Gasteiger partial charge in [-0.25, -0.2) is 0 Å². The van der Waals surface area contributed by atoms with Crippen molar-refractivity contribution in [3.63, 3.8) is 0 Å². The molecule has 2 aromatic rings. The summed E-state index contributed by atoms with van der Waals surface area (Å²) in [5, 5.41) is 3.30. The lowest BCUT2D eigenvalue weighted by molar-refractivity contribution is 0.211. The molecule has 3 N–H and O–H groups in total. The molecule has 0 aliphatic carbocycles. The fourth-order valence-corrected chi connectivity index (χ4v) is 2.00. The molecule has 2 rings (SSSR count). The van der Waals surface area contributed by atoms with E-state index in [1.807, 2.05) is 42.5 Å². The summed E-state index contributed by atoms with van der Waals surface area (Å²) in [5.74, 6) is 0.819. The molecule has 0 aromatic heterocycles. The summed E-state index contributed by atoms with van der Waals surface area (Å²) >= 11 is 0. The average Bonchev–Trinajstić information content (AvgIpc) is 2.49. The third-order valence-electron chi connectivity index (χ3n) is 3.07. The second-order valence-electron chi connectivity index (χ2n) is 4.45. The van der Waals surface area contributed by atoms with Gasteiger partial charge in [-0.3, -0.25) is 0 Å². The van der Waals surface area contributed by atoms with E-state index in [1.54, 1.807) is 14.2 Å². The van der Waals surface area contributed by atoms with Gasteiger partial charge >= 0.3 is 0 Å². The second kappa shape index (κ2) is 6.82. The quantitative estimate of drug-likeness (QED) is 0.627. The topological polar surface area (TPSA) is 56.5 Å². The summed E-state index contributed by atoms with van der Waals surface area (Å²) in [6.07, 6.45) is 0. The lowest BCUT2D eigenvalue weighted by atomic mass is 10.0. The first kappa shape index (κ1) is 14.2. The molecule has 4 nitrogen and oxygen atoms in total. The minimum Gasteiger partial charge on any atom is -0.497 e. The van der Waals surface area contributed by atoms with E-state index in [0.29, 0.717) is 6.61 Å². The Morgan fingerprint density at radius 1 is 1.10 bits per heavy atom.